The Bertz CT molecular complexity index is 849. The quantitative estimate of drug-likeness (QED) is 0.789. The summed E-state index contributed by atoms with van der Waals surface area (Å²) >= 11 is 1.49. The molecule has 0 unspecified atom stereocenters. The molecule has 1 aromatic carbocycles. The van der Waals surface area contributed by atoms with Gasteiger partial charge in [0.2, 0.25) is 0 Å². The molecule has 136 valence electrons. The van der Waals surface area contributed by atoms with Crippen LogP contribution in [-0.2, 0) is 11.3 Å². The third kappa shape index (κ3) is 4.04. The molecule has 0 bridgehead atoms. The topological polar surface area (TPSA) is 62.3 Å². The molecule has 26 heavy (non-hydrogen) atoms. The molecule has 0 saturated carbocycles. The van der Waals surface area contributed by atoms with Crippen molar-refractivity contribution in [1.29, 1.82) is 0 Å². The van der Waals surface area contributed by atoms with Crippen molar-refractivity contribution < 1.29 is 14.0 Å². The largest absolute Gasteiger partial charge is 0.348 e. The molecular weight excluding hydrogens is 353 g/mol. The highest BCUT2D eigenvalue weighted by atomic mass is 32.2. The number of halogens is 1. The van der Waals surface area contributed by atoms with Gasteiger partial charge in [0.15, 0.2) is 5.78 Å². The van der Waals surface area contributed by atoms with Gasteiger partial charge in [-0.3, -0.25) is 9.59 Å². The smallest absolute Gasteiger partial charge is 0.254 e. The lowest BCUT2D eigenvalue weighted by Gasteiger charge is -2.31. The molecule has 0 radical (unpaired) electrons. The average molecular weight is 373 g/mol. The third-order valence-electron chi connectivity index (χ3n) is 4.08. The summed E-state index contributed by atoms with van der Waals surface area (Å²) in [5.41, 5.74) is 2.04. The minimum Gasteiger partial charge on any atom is -0.348 e. The number of carbonyl (C=O) groups is 2. The molecule has 0 spiro atoms. The number of ketones is 1. The molecule has 0 aliphatic carbocycles. The summed E-state index contributed by atoms with van der Waals surface area (Å²) in [6.07, 6.45) is 0. The molecule has 5 nitrogen and oxygen atoms in total. The maximum Gasteiger partial charge on any atom is 0.254 e. The first-order chi connectivity index (χ1) is 12.5. The standard InChI is InChI=1S/C19H20FN3O2S/c1-3-26-19-17(12(2)7-16(22-19)23-10-15(24)11-23)18(25)21-9-13-5-4-6-14(20)8-13/h4-8H,3,9-11H2,1-2H3,(H,21,25). The second-order valence-corrected chi connectivity index (χ2v) is 7.37. The van der Waals surface area contributed by atoms with Crippen LogP contribution in [0.5, 0.6) is 0 Å². The first-order valence-corrected chi connectivity index (χ1v) is 9.40. The van der Waals surface area contributed by atoms with Crippen molar-refractivity contribution in [2.45, 2.75) is 25.4 Å². The number of aromatic nitrogens is 1. The van der Waals surface area contributed by atoms with Gasteiger partial charge in [0, 0.05) is 6.54 Å². The maximum absolute atomic E-state index is 13.3. The van der Waals surface area contributed by atoms with Crippen LogP contribution in [0, 0.1) is 12.7 Å². The van der Waals surface area contributed by atoms with Crippen LogP contribution >= 0.6 is 11.8 Å². The molecule has 0 atom stereocenters. The fourth-order valence-electron chi connectivity index (χ4n) is 2.77. The van der Waals surface area contributed by atoms with Gasteiger partial charge in [-0.25, -0.2) is 9.37 Å². The maximum atomic E-state index is 13.3. The van der Waals surface area contributed by atoms with Crippen LogP contribution in [0.1, 0.15) is 28.4 Å². The molecular formula is C19H20FN3O2S. The lowest BCUT2D eigenvalue weighted by atomic mass is 10.1. The van der Waals surface area contributed by atoms with Crippen molar-refractivity contribution in [2.24, 2.45) is 0 Å². The fourth-order valence-corrected chi connectivity index (χ4v) is 3.59. The summed E-state index contributed by atoms with van der Waals surface area (Å²) in [7, 11) is 0. The van der Waals surface area contributed by atoms with E-state index in [1.165, 1.54) is 23.9 Å². The van der Waals surface area contributed by atoms with Crippen LogP contribution in [0.15, 0.2) is 35.4 Å². The number of amides is 1. The van der Waals surface area contributed by atoms with E-state index in [2.05, 4.69) is 10.3 Å². The summed E-state index contributed by atoms with van der Waals surface area (Å²) in [6.45, 7) is 4.84. The van der Waals surface area contributed by atoms with Gasteiger partial charge in [0.25, 0.3) is 5.91 Å². The molecule has 1 aliphatic rings. The number of nitrogens with zero attached hydrogens (tertiary/aromatic N) is 2. The molecule has 7 heteroatoms. The highest BCUT2D eigenvalue weighted by molar-refractivity contribution is 7.99. The van der Waals surface area contributed by atoms with E-state index in [1.54, 1.807) is 12.1 Å². The van der Waals surface area contributed by atoms with Gasteiger partial charge >= 0.3 is 0 Å². The molecule has 1 N–H and O–H groups in total. The predicted octanol–water partition coefficient (Wildman–Crippen LogP) is 2.96. The highest BCUT2D eigenvalue weighted by Gasteiger charge is 2.27. The predicted molar refractivity (Wildman–Crippen MR) is 100 cm³/mol. The van der Waals surface area contributed by atoms with Crippen LogP contribution < -0.4 is 10.2 Å². The number of hydrogen-bond acceptors (Lipinski definition) is 5. The number of aryl methyl sites for hydroxylation is 1. The molecule has 1 amide bonds. The first-order valence-electron chi connectivity index (χ1n) is 8.41. The van der Waals surface area contributed by atoms with Gasteiger partial charge < -0.3 is 10.2 Å². The Morgan fingerprint density at radius 3 is 2.77 bits per heavy atom. The molecule has 2 heterocycles. The van der Waals surface area contributed by atoms with Crippen LogP contribution in [0.4, 0.5) is 10.2 Å². The van der Waals surface area contributed by atoms with Crippen molar-refractivity contribution in [1.82, 2.24) is 10.3 Å². The van der Waals surface area contributed by atoms with Crippen LogP contribution in [0.25, 0.3) is 0 Å². The van der Waals surface area contributed by atoms with Crippen LogP contribution in [0.3, 0.4) is 0 Å². The van der Waals surface area contributed by atoms with Crippen molar-refractivity contribution in [2.75, 3.05) is 23.7 Å². The van der Waals surface area contributed by atoms with E-state index >= 15 is 0 Å². The number of anilines is 1. The number of nitrogens with one attached hydrogen (secondary N) is 1. The van der Waals surface area contributed by atoms with Gasteiger partial charge in [0.1, 0.15) is 16.7 Å². The zero-order valence-corrected chi connectivity index (χ0v) is 15.5. The minimum atomic E-state index is -0.328. The normalized spacial score (nSPS) is 13.5. The SMILES string of the molecule is CCSc1nc(N2CC(=O)C2)cc(C)c1C(=O)NCc1cccc(F)c1. The van der Waals surface area contributed by atoms with Gasteiger partial charge in [0.05, 0.1) is 18.7 Å². The Morgan fingerprint density at radius 1 is 1.35 bits per heavy atom. The number of benzene rings is 1. The molecule has 1 saturated heterocycles. The number of carbonyl (C=O) groups excluding carboxylic acids is 2. The third-order valence-corrected chi connectivity index (χ3v) is 4.94. The second-order valence-electron chi connectivity index (χ2n) is 6.12. The van der Waals surface area contributed by atoms with Crippen molar-refractivity contribution in [3.8, 4) is 0 Å². The lowest BCUT2D eigenvalue weighted by molar-refractivity contribution is -0.119. The zero-order chi connectivity index (χ0) is 18.7. The van der Waals surface area contributed by atoms with Gasteiger partial charge in [-0.05, 0) is 42.0 Å². The number of thioether (sulfide) groups is 1. The molecule has 3 rings (SSSR count). The van der Waals surface area contributed by atoms with Crippen LogP contribution in [0.2, 0.25) is 0 Å². The van der Waals surface area contributed by atoms with E-state index in [0.29, 0.717) is 29.2 Å². The van der Waals surface area contributed by atoms with Crippen molar-refractivity contribution >= 4 is 29.3 Å². The second kappa shape index (κ2) is 7.86. The van der Waals surface area contributed by atoms with E-state index in [1.807, 2.05) is 24.8 Å². The summed E-state index contributed by atoms with van der Waals surface area (Å²) in [5.74, 6) is 1.12. The summed E-state index contributed by atoms with van der Waals surface area (Å²) in [5, 5.41) is 3.49. The molecule has 2 aromatic rings. The number of Topliss-reactive ketones (excluding diaryl/α,β-unsaturated/α-hetero) is 1. The Hall–Kier alpha value is -2.41. The Kier molecular flexibility index (Phi) is 5.56. The van der Waals surface area contributed by atoms with E-state index in [-0.39, 0.29) is 24.1 Å². The van der Waals surface area contributed by atoms with Gasteiger partial charge in [-0.15, -0.1) is 11.8 Å². The highest BCUT2D eigenvalue weighted by Crippen LogP contribution is 2.28. The van der Waals surface area contributed by atoms with E-state index < -0.39 is 0 Å². The molecule has 1 aromatic heterocycles. The zero-order valence-electron chi connectivity index (χ0n) is 14.7. The molecule has 1 fully saturated rings. The van der Waals surface area contributed by atoms with Crippen molar-refractivity contribution in [3.63, 3.8) is 0 Å². The van der Waals surface area contributed by atoms with Crippen LogP contribution in [-0.4, -0.2) is 35.5 Å². The number of pyridine rings is 1. The van der Waals surface area contributed by atoms with E-state index in [0.717, 1.165) is 17.1 Å². The number of hydrogen-bond donors (Lipinski definition) is 1. The fraction of sp³-hybridized carbons (Fsp3) is 0.316. The lowest BCUT2D eigenvalue weighted by Crippen LogP contribution is -2.47. The summed E-state index contributed by atoms with van der Waals surface area (Å²) in [6, 6.07) is 7.99. The summed E-state index contributed by atoms with van der Waals surface area (Å²) in [4.78, 5) is 30.4. The number of rotatable bonds is 6. The van der Waals surface area contributed by atoms with Crippen molar-refractivity contribution in [3.05, 3.63) is 52.8 Å². The Labute approximate surface area is 156 Å². The average Bonchev–Trinajstić information content (AvgIpc) is 2.57. The van der Waals surface area contributed by atoms with E-state index in [9.17, 15) is 14.0 Å². The van der Waals surface area contributed by atoms with Gasteiger partial charge in [-0.1, -0.05) is 19.1 Å². The van der Waals surface area contributed by atoms with E-state index in [4.69, 9.17) is 0 Å². The first kappa shape index (κ1) is 18.4. The molecule has 1 aliphatic heterocycles. The Balaban J connectivity index is 1.80. The van der Waals surface area contributed by atoms with Gasteiger partial charge in [-0.2, -0.15) is 0 Å². The minimum absolute atomic E-state index is 0.186. The summed E-state index contributed by atoms with van der Waals surface area (Å²) < 4.78 is 13.3. The Morgan fingerprint density at radius 2 is 2.12 bits per heavy atom. The monoisotopic (exact) mass is 373 g/mol.